The summed E-state index contributed by atoms with van der Waals surface area (Å²) in [7, 11) is 0. The molecule has 18 heavy (non-hydrogen) atoms. The van der Waals surface area contributed by atoms with Gasteiger partial charge in [-0.05, 0) is 25.7 Å². The van der Waals surface area contributed by atoms with Crippen LogP contribution in [0.5, 0.6) is 0 Å². The molecule has 0 heterocycles. The predicted molar refractivity (Wildman–Crippen MR) is 71.4 cm³/mol. The maximum atomic E-state index is 11.0. The molecule has 0 saturated heterocycles. The highest BCUT2D eigenvalue weighted by atomic mass is 16.4. The summed E-state index contributed by atoms with van der Waals surface area (Å²) in [5, 5.41) is 14.6. The van der Waals surface area contributed by atoms with Crippen LogP contribution < -0.4 is 10.6 Å². The van der Waals surface area contributed by atoms with Crippen LogP contribution in [-0.4, -0.2) is 35.1 Å². The summed E-state index contributed by atoms with van der Waals surface area (Å²) in [5.74, 6) is -1.36. The SMILES string of the molecule is CC(=O)NC(CNC(C)(C)CC(C)(C)C)C(=O)O. The minimum absolute atomic E-state index is 0.156. The van der Waals surface area contributed by atoms with Gasteiger partial charge in [0.15, 0.2) is 0 Å². The third-order valence-corrected chi connectivity index (χ3v) is 2.43. The molecule has 0 spiro atoms. The molecule has 0 aromatic carbocycles. The second-order valence-electron chi connectivity index (χ2n) is 6.59. The minimum Gasteiger partial charge on any atom is -0.480 e. The van der Waals surface area contributed by atoms with Gasteiger partial charge in [0.25, 0.3) is 0 Å². The zero-order chi connectivity index (χ0) is 14.6. The van der Waals surface area contributed by atoms with Gasteiger partial charge in [0.1, 0.15) is 6.04 Å². The average Bonchev–Trinajstić information content (AvgIpc) is 2.07. The van der Waals surface area contributed by atoms with E-state index in [1.54, 1.807) is 0 Å². The van der Waals surface area contributed by atoms with Crippen molar-refractivity contribution in [1.82, 2.24) is 10.6 Å². The average molecular weight is 258 g/mol. The molecule has 5 nitrogen and oxygen atoms in total. The van der Waals surface area contributed by atoms with Crippen LogP contribution in [0.15, 0.2) is 0 Å². The first-order chi connectivity index (χ1) is 7.93. The van der Waals surface area contributed by atoms with E-state index in [0.717, 1.165) is 6.42 Å². The van der Waals surface area contributed by atoms with Crippen LogP contribution in [0, 0.1) is 5.41 Å². The van der Waals surface area contributed by atoms with Crippen LogP contribution in [0.1, 0.15) is 48.0 Å². The Bertz CT molecular complexity index is 306. The van der Waals surface area contributed by atoms with Gasteiger partial charge < -0.3 is 15.7 Å². The van der Waals surface area contributed by atoms with E-state index in [2.05, 4.69) is 31.4 Å². The number of carbonyl (C=O) groups excluding carboxylic acids is 1. The van der Waals surface area contributed by atoms with Crippen molar-refractivity contribution in [2.24, 2.45) is 5.41 Å². The molecule has 0 saturated carbocycles. The number of rotatable bonds is 6. The highest BCUT2D eigenvalue weighted by molar-refractivity contribution is 5.82. The summed E-state index contributed by atoms with van der Waals surface area (Å²) < 4.78 is 0. The standard InChI is InChI=1S/C13H26N2O3/c1-9(16)15-10(11(17)18)7-14-13(5,6)8-12(2,3)4/h10,14H,7-8H2,1-6H3,(H,15,16)(H,17,18). The van der Waals surface area contributed by atoms with Gasteiger partial charge in [0.2, 0.25) is 5.91 Å². The summed E-state index contributed by atoms with van der Waals surface area (Å²) in [6.45, 7) is 12.0. The number of hydrogen-bond acceptors (Lipinski definition) is 3. The first-order valence-electron chi connectivity index (χ1n) is 6.18. The zero-order valence-electron chi connectivity index (χ0n) is 12.3. The second-order valence-corrected chi connectivity index (χ2v) is 6.59. The molecule has 0 bridgehead atoms. The Morgan fingerprint density at radius 3 is 2.00 bits per heavy atom. The van der Waals surface area contributed by atoms with Crippen molar-refractivity contribution in [3.05, 3.63) is 0 Å². The number of hydrogen-bond donors (Lipinski definition) is 3. The fraction of sp³-hybridized carbons (Fsp3) is 0.846. The van der Waals surface area contributed by atoms with Crippen LogP contribution in [0.4, 0.5) is 0 Å². The van der Waals surface area contributed by atoms with Gasteiger partial charge in [-0.1, -0.05) is 20.8 Å². The molecule has 0 aromatic heterocycles. The van der Waals surface area contributed by atoms with Crippen LogP contribution in [0.3, 0.4) is 0 Å². The highest BCUT2D eigenvalue weighted by Gasteiger charge is 2.27. The second kappa shape index (κ2) is 6.18. The van der Waals surface area contributed by atoms with E-state index in [4.69, 9.17) is 5.11 Å². The monoisotopic (exact) mass is 258 g/mol. The number of nitrogens with one attached hydrogen (secondary N) is 2. The van der Waals surface area contributed by atoms with Crippen molar-refractivity contribution in [2.45, 2.75) is 59.5 Å². The van der Waals surface area contributed by atoms with E-state index in [0.29, 0.717) is 0 Å². The van der Waals surface area contributed by atoms with Crippen molar-refractivity contribution in [2.75, 3.05) is 6.54 Å². The summed E-state index contributed by atoms with van der Waals surface area (Å²) in [4.78, 5) is 21.9. The molecule has 1 unspecified atom stereocenters. The van der Waals surface area contributed by atoms with E-state index < -0.39 is 12.0 Å². The summed E-state index contributed by atoms with van der Waals surface area (Å²) in [6, 6.07) is -0.887. The molecular formula is C13H26N2O3. The molecule has 0 aromatic rings. The molecule has 5 heteroatoms. The van der Waals surface area contributed by atoms with E-state index in [1.165, 1.54) is 6.92 Å². The molecule has 106 valence electrons. The van der Waals surface area contributed by atoms with Crippen molar-refractivity contribution < 1.29 is 14.7 Å². The predicted octanol–water partition coefficient (Wildman–Crippen LogP) is 1.38. The van der Waals surface area contributed by atoms with Gasteiger partial charge in [0.05, 0.1) is 0 Å². The Morgan fingerprint density at radius 1 is 1.17 bits per heavy atom. The lowest BCUT2D eigenvalue weighted by molar-refractivity contribution is -0.141. The minimum atomic E-state index is -1.02. The Morgan fingerprint density at radius 2 is 1.67 bits per heavy atom. The third-order valence-electron chi connectivity index (χ3n) is 2.43. The van der Waals surface area contributed by atoms with Crippen LogP contribution in [-0.2, 0) is 9.59 Å². The van der Waals surface area contributed by atoms with Crippen LogP contribution >= 0.6 is 0 Å². The maximum Gasteiger partial charge on any atom is 0.327 e. The van der Waals surface area contributed by atoms with E-state index in [1.807, 2.05) is 13.8 Å². The first-order valence-corrected chi connectivity index (χ1v) is 6.18. The van der Waals surface area contributed by atoms with E-state index in [-0.39, 0.29) is 23.4 Å². The molecule has 0 radical (unpaired) electrons. The summed E-state index contributed by atoms with van der Waals surface area (Å²) in [6.07, 6.45) is 0.909. The topological polar surface area (TPSA) is 78.4 Å². The first kappa shape index (κ1) is 16.9. The van der Waals surface area contributed by atoms with Gasteiger partial charge in [-0.15, -0.1) is 0 Å². The molecule has 0 fully saturated rings. The number of aliphatic carboxylic acids is 1. The van der Waals surface area contributed by atoms with Crippen LogP contribution in [0.2, 0.25) is 0 Å². The Hall–Kier alpha value is -1.10. The summed E-state index contributed by atoms with van der Waals surface area (Å²) in [5.41, 5.74) is -0.0202. The van der Waals surface area contributed by atoms with Crippen LogP contribution in [0.25, 0.3) is 0 Å². The third kappa shape index (κ3) is 8.06. The fourth-order valence-corrected chi connectivity index (χ4v) is 2.21. The summed E-state index contributed by atoms with van der Waals surface area (Å²) >= 11 is 0. The van der Waals surface area contributed by atoms with Crippen molar-refractivity contribution >= 4 is 11.9 Å². The Balaban J connectivity index is 4.42. The Kier molecular flexibility index (Phi) is 5.80. The molecule has 1 atom stereocenters. The quantitative estimate of drug-likeness (QED) is 0.672. The molecule has 1 amide bonds. The largest absolute Gasteiger partial charge is 0.480 e. The fourth-order valence-electron chi connectivity index (χ4n) is 2.21. The van der Waals surface area contributed by atoms with Gasteiger partial charge in [-0.25, -0.2) is 4.79 Å². The lowest BCUT2D eigenvalue weighted by atomic mass is 9.82. The lowest BCUT2D eigenvalue weighted by Gasteiger charge is -2.34. The number of amides is 1. The number of carboxylic acid groups (broad SMARTS) is 1. The van der Waals surface area contributed by atoms with Gasteiger partial charge >= 0.3 is 5.97 Å². The van der Waals surface area contributed by atoms with Crippen molar-refractivity contribution in [1.29, 1.82) is 0 Å². The zero-order valence-corrected chi connectivity index (χ0v) is 12.3. The van der Waals surface area contributed by atoms with Gasteiger partial charge in [-0.3, -0.25) is 4.79 Å². The van der Waals surface area contributed by atoms with Crippen molar-refractivity contribution in [3.8, 4) is 0 Å². The Labute approximate surface area is 109 Å². The number of carbonyl (C=O) groups is 2. The smallest absolute Gasteiger partial charge is 0.327 e. The van der Waals surface area contributed by atoms with E-state index >= 15 is 0 Å². The van der Waals surface area contributed by atoms with E-state index in [9.17, 15) is 9.59 Å². The molecule has 0 aliphatic heterocycles. The molecule has 0 rings (SSSR count). The molecule has 3 N–H and O–H groups in total. The lowest BCUT2D eigenvalue weighted by Crippen LogP contribution is -2.52. The molecule has 0 aliphatic rings. The normalized spacial score (nSPS) is 14.1. The number of carboxylic acids is 1. The van der Waals surface area contributed by atoms with Gasteiger partial charge in [0, 0.05) is 19.0 Å². The maximum absolute atomic E-state index is 11.0. The molecular weight excluding hydrogens is 232 g/mol. The van der Waals surface area contributed by atoms with Crippen molar-refractivity contribution in [3.63, 3.8) is 0 Å². The highest BCUT2D eigenvalue weighted by Crippen LogP contribution is 2.26. The molecule has 0 aliphatic carbocycles. The van der Waals surface area contributed by atoms with Gasteiger partial charge in [-0.2, -0.15) is 0 Å².